The van der Waals surface area contributed by atoms with Crippen molar-refractivity contribution in [2.75, 3.05) is 31.1 Å². The number of hydrogen-bond acceptors (Lipinski definition) is 5. The molecule has 0 bridgehead atoms. The van der Waals surface area contributed by atoms with Crippen molar-refractivity contribution in [1.82, 2.24) is 20.1 Å². The molecule has 1 amide bonds. The zero-order valence-electron chi connectivity index (χ0n) is 14.9. The summed E-state index contributed by atoms with van der Waals surface area (Å²) in [4.78, 5) is 20.9. The van der Waals surface area contributed by atoms with Gasteiger partial charge in [0.25, 0.3) is 5.91 Å². The zero-order chi connectivity index (χ0) is 18.5. The Morgan fingerprint density at radius 1 is 1.00 bits per heavy atom. The molecule has 0 aliphatic carbocycles. The molecule has 2 aromatic carbocycles. The Kier molecular flexibility index (Phi) is 5.00. The van der Waals surface area contributed by atoms with Crippen LogP contribution >= 0.6 is 0 Å². The highest BCUT2D eigenvalue weighted by molar-refractivity contribution is 5.94. The molecule has 27 heavy (non-hydrogen) atoms. The number of carbonyl (C=O) groups excluding carboxylic acids is 1. The first-order chi connectivity index (χ1) is 13.3. The highest BCUT2D eigenvalue weighted by Crippen LogP contribution is 2.15. The van der Waals surface area contributed by atoms with Gasteiger partial charge < -0.3 is 14.5 Å². The van der Waals surface area contributed by atoms with Gasteiger partial charge in [-0.05, 0) is 29.8 Å². The summed E-state index contributed by atoms with van der Waals surface area (Å²) in [6.45, 7) is 3.29. The molecule has 138 valence electrons. The number of rotatable bonds is 5. The lowest BCUT2D eigenvalue weighted by atomic mass is 10.1. The maximum absolute atomic E-state index is 12.7. The molecule has 1 aromatic heterocycles. The van der Waals surface area contributed by atoms with Crippen molar-refractivity contribution in [3.05, 3.63) is 72.1 Å². The molecule has 7 heteroatoms. The van der Waals surface area contributed by atoms with Gasteiger partial charge in [0, 0.05) is 31.7 Å². The Morgan fingerprint density at radius 3 is 2.41 bits per heavy atom. The van der Waals surface area contributed by atoms with E-state index in [2.05, 4.69) is 20.1 Å². The van der Waals surface area contributed by atoms with Crippen LogP contribution in [0.2, 0.25) is 0 Å². The molecule has 0 saturated carbocycles. The fourth-order valence-corrected chi connectivity index (χ4v) is 3.08. The molecule has 4 rings (SSSR count). The number of H-pyrrole nitrogens is 1. The van der Waals surface area contributed by atoms with Crippen molar-refractivity contribution in [3.8, 4) is 5.75 Å². The van der Waals surface area contributed by atoms with Gasteiger partial charge in [-0.2, -0.15) is 10.1 Å². The number of aromatic nitrogens is 3. The molecule has 2 heterocycles. The lowest BCUT2D eigenvalue weighted by molar-refractivity contribution is 0.0746. The van der Waals surface area contributed by atoms with Crippen molar-refractivity contribution in [2.45, 2.75) is 6.61 Å². The molecule has 0 spiro atoms. The SMILES string of the molecule is O=C(c1ccc(COc2ccccc2)cc1)N1CCN(c2ncn[nH]2)CC1. The Labute approximate surface area is 157 Å². The number of para-hydroxylation sites is 1. The molecular formula is C20H21N5O2. The zero-order valence-corrected chi connectivity index (χ0v) is 14.9. The van der Waals surface area contributed by atoms with Gasteiger partial charge in [0.15, 0.2) is 0 Å². The molecule has 1 saturated heterocycles. The first kappa shape index (κ1) is 17.1. The lowest BCUT2D eigenvalue weighted by Gasteiger charge is -2.34. The average molecular weight is 363 g/mol. The average Bonchev–Trinajstić information content (AvgIpc) is 3.28. The van der Waals surface area contributed by atoms with Crippen LogP contribution in [0.3, 0.4) is 0 Å². The summed E-state index contributed by atoms with van der Waals surface area (Å²) < 4.78 is 5.74. The number of aromatic amines is 1. The fourth-order valence-electron chi connectivity index (χ4n) is 3.08. The topological polar surface area (TPSA) is 74.3 Å². The molecule has 0 unspecified atom stereocenters. The van der Waals surface area contributed by atoms with E-state index in [1.54, 1.807) is 0 Å². The molecule has 0 radical (unpaired) electrons. The number of amides is 1. The van der Waals surface area contributed by atoms with Crippen molar-refractivity contribution >= 4 is 11.9 Å². The second-order valence-electron chi connectivity index (χ2n) is 6.39. The highest BCUT2D eigenvalue weighted by Gasteiger charge is 2.23. The summed E-state index contributed by atoms with van der Waals surface area (Å²) in [6.07, 6.45) is 1.50. The third-order valence-corrected chi connectivity index (χ3v) is 4.62. The van der Waals surface area contributed by atoms with E-state index in [4.69, 9.17) is 4.74 Å². The number of carbonyl (C=O) groups is 1. The third kappa shape index (κ3) is 4.08. The van der Waals surface area contributed by atoms with Crippen LogP contribution in [0.25, 0.3) is 0 Å². The van der Waals surface area contributed by atoms with E-state index in [1.165, 1.54) is 6.33 Å². The minimum atomic E-state index is 0.0581. The number of nitrogens with one attached hydrogen (secondary N) is 1. The standard InChI is InChI=1S/C20H21N5O2/c26-19(24-10-12-25(13-11-24)20-21-15-22-23-20)17-8-6-16(7-9-17)14-27-18-4-2-1-3-5-18/h1-9,15H,10-14H2,(H,21,22,23). The van der Waals surface area contributed by atoms with Crippen LogP contribution in [0.5, 0.6) is 5.75 Å². The molecule has 7 nitrogen and oxygen atoms in total. The largest absolute Gasteiger partial charge is 0.489 e. The van der Waals surface area contributed by atoms with Crippen LogP contribution in [0.4, 0.5) is 5.95 Å². The smallest absolute Gasteiger partial charge is 0.253 e. The Bertz CT molecular complexity index is 857. The van der Waals surface area contributed by atoms with Gasteiger partial charge >= 0.3 is 0 Å². The maximum atomic E-state index is 12.7. The first-order valence-corrected chi connectivity index (χ1v) is 8.96. The minimum Gasteiger partial charge on any atom is -0.489 e. The lowest BCUT2D eigenvalue weighted by Crippen LogP contribution is -2.49. The molecule has 0 atom stereocenters. The molecule has 1 aliphatic rings. The second kappa shape index (κ2) is 7.90. The molecule has 3 aromatic rings. The van der Waals surface area contributed by atoms with Crippen molar-refractivity contribution in [3.63, 3.8) is 0 Å². The van der Waals surface area contributed by atoms with E-state index in [0.29, 0.717) is 25.3 Å². The van der Waals surface area contributed by atoms with Crippen LogP contribution in [-0.2, 0) is 6.61 Å². The second-order valence-corrected chi connectivity index (χ2v) is 6.39. The quantitative estimate of drug-likeness (QED) is 0.753. The van der Waals surface area contributed by atoms with Crippen molar-refractivity contribution in [1.29, 1.82) is 0 Å². The Morgan fingerprint density at radius 2 is 1.74 bits per heavy atom. The van der Waals surface area contributed by atoms with Crippen LogP contribution in [0.15, 0.2) is 60.9 Å². The van der Waals surface area contributed by atoms with Gasteiger partial charge in [0.2, 0.25) is 5.95 Å². The third-order valence-electron chi connectivity index (χ3n) is 4.62. The highest BCUT2D eigenvalue weighted by atomic mass is 16.5. The summed E-state index contributed by atoms with van der Waals surface area (Å²) in [5.41, 5.74) is 1.73. The van der Waals surface area contributed by atoms with Gasteiger partial charge in [-0.1, -0.05) is 30.3 Å². The summed E-state index contributed by atoms with van der Waals surface area (Å²) in [5, 5.41) is 6.74. The summed E-state index contributed by atoms with van der Waals surface area (Å²) in [6, 6.07) is 17.3. The number of benzene rings is 2. The van der Waals surface area contributed by atoms with Gasteiger partial charge in [0.05, 0.1) is 0 Å². The number of hydrogen-bond donors (Lipinski definition) is 1. The minimum absolute atomic E-state index is 0.0581. The van der Waals surface area contributed by atoms with Crippen LogP contribution < -0.4 is 9.64 Å². The van der Waals surface area contributed by atoms with Crippen molar-refractivity contribution < 1.29 is 9.53 Å². The number of ether oxygens (including phenoxy) is 1. The predicted octanol–water partition coefficient (Wildman–Crippen LogP) is 2.35. The number of anilines is 1. The van der Waals surface area contributed by atoms with Gasteiger partial charge in [-0.25, -0.2) is 5.10 Å². The van der Waals surface area contributed by atoms with E-state index < -0.39 is 0 Å². The molecule has 1 fully saturated rings. The van der Waals surface area contributed by atoms with Crippen LogP contribution in [0, 0.1) is 0 Å². The van der Waals surface area contributed by atoms with E-state index in [-0.39, 0.29) is 5.91 Å². The Hall–Kier alpha value is -3.35. The van der Waals surface area contributed by atoms with Crippen molar-refractivity contribution in [2.24, 2.45) is 0 Å². The first-order valence-electron chi connectivity index (χ1n) is 8.96. The predicted molar refractivity (Wildman–Crippen MR) is 102 cm³/mol. The number of nitrogens with zero attached hydrogens (tertiary/aromatic N) is 4. The van der Waals surface area contributed by atoms with Crippen LogP contribution in [0.1, 0.15) is 15.9 Å². The summed E-state index contributed by atoms with van der Waals surface area (Å²) in [7, 11) is 0. The summed E-state index contributed by atoms with van der Waals surface area (Å²) >= 11 is 0. The fraction of sp³-hybridized carbons (Fsp3) is 0.250. The normalized spacial score (nSPS) is 14.2. The van der Waals surface area contributed by atoms with Crippen LogP contribution in [-0.4, -0.2) is 52.2 Å². The Balaban J connectivity index is 1.31. The summed E-state index contributed by atoms with van der Waals surface area (Å²) in [5.74, 6) is 1.65. The van der Waals surface area contributed by atoms with Gasteiger partial charge in [-0.3, -0.25) is 4.79 Å². The van der Waals surface area contributed by atoms with Gasteiger partial charge in [-0.15, -0.1) is 0 Å². The number of piperazine rings is 1. The van der Waals surface area contributed by atoms with E-state index in [9.17, 15) is 4.79 Å². The molecule has 1 N–H and O–H groups in total. The van der Waals surface area contributed by atoms with Gasteiger partial charge in [0.1, 0.15) is 18.7 Å². The molecular weight excluding hydrogens is 342 g/mol. The van der Waals surface area contributed by atoms with E-state index >= 15 is 0 Å². The van der Waals surface area contributed by atoms with E-state index in [1.807, 2.05) is 59.5 Å². The molecule has 1 aliphatic heterocycles. The monoisotopic (exact) mass is 363 g/mol. The maximum Gasteiger partial charge on any atom is 0.253 e. The van der Waals surface area contributed by atoms with E-state index in [0.717, 1.165) is 30.4 Å².